The fourth-order valence-corrected chi connectivity index (χ4v) is 5.62. The molecule has 0 saturated carbocycles. The summed E-state index contributed by atoms with van der Waals surface area (Å²) in [6.07, 6.45) is 0.938. The van der Waals surface area contributed by atoms with Crippen molar-refractivity contribution >= 4 is 56.8 Å². The molecule has 0 bridgehead atoms. The van der Waals surface area contributed by atoms with Crippen molar-refractivity contribution in [3.8, 4) is 21.1 Å². The first-order chi connectivity index (χ1) is 21.2. The van der Waals surface area contributed by atoms with E-state index in [1.54, 1.807) is 0 Å². The van der Waals surface area contributed by atoms with Crippen LogP contribution in [0.2, 0.25) is 0 Å². The first-order valence-corrected chi connectivity index (χ1v) is 15.1. The van der Waals surface area contributed by atoms with E-state index in [1.807, 2.05) is 62.4 Å². The average molecular weight is 679 g/mol. The molecule has 0 aliphatic rings. The van der Waals surface area contributed by atoms with Crippen LogP contribution in [0.25, 0.3) is 21.1 Å². The first kappa shape index (κ1) is 36.5. The van der Waals surface area contributed by atoms with Crippen LogP contribution in [0.5, 0.6) is 0 Å². The van der Waals surface area contributed by atoms with E-state index in [1.165, 1.54) is 36.5 Å². The molecule has 0 atom stereocenters. The number of carbonyl (C=O) groups is 2. The Kier molecular flexibility index (Phi) is 14.8. The van der Waals surface area contributed by atoms with Gasteiger partial charge >= 0.3 is 0 Å². The number of nitrogen functional groups attached to an aromatic ring is 1. The van der Waals surface area contributed by atoms with Crippen LogP contribution >= 0.6 is 34.3 Å². The highest BCUT2D eigenvalue weighted by molar-refractivity contribution is 7.15. The minimum absolute atomic E-state index is 0.0247. The van der Waals surface area contributed by atoms with Gasteiger partial charge in [-0.2, -0.15) is 0 Å². The van der Waals surface area contributed by atoms with Crippen LogP contribution in [0.3, 0.4) is 0 Å². The number of nitrogens with zero attached hydrogens (tertiary/aromatic N) is 4. The number of hydrogen-bond acceptors (Lipinski definition) is 13. The van der Waals surface area contributed by atoms with E-state index in [4.69, 9.17) is 5.73 Å². The molecule has 0 radical (unpaired) electrons. The SMILES string of the molecule is CC(=O)Cl.CC(=O)Nc1ccc(-c2nc(C)c(CCO[N+](=O)[O-])s2)cc1.Cc1nc(-c2ccc(N)cc2)sc1CCO[N+](=O)[O-]. The molecule has 4 aromatic rings. The maximum absolute atomic E-state index is 11.0. The molecule has 4 rings (SSSR count). The van der Waals surface area contributed by atoms with E-state index >= 15 is 0 Å². The Morgan fingerprint density at radius 1 is 0.822 bits per heavy atom. The highest BCUT2D eigenvalue weighted by Gasteiger charge is 2.11. The summed E-state index contributed by atoms with van der Waals surface area (Å²) in [7, 11) is 0. The highest BCUT2D eigenvalue weighted by atomic mass is 35.5. The van der Waals surface area contributed by atoms with Crippen LogP contribution in [0.4, 0.5) is 11.4 Å². The zero-order chi connectivity index (χ0) is 33.5. The van der Waals surface area contributed by atoms with Crippen molar-refractivity contribution in [3.63, 3.8) is 0 Å². The van der Waals surface area contributed by atoms with Gasteiger partial charge in [-0.25, -0.2) is 9.97 Å². The van der Waals surface area contributed by atoms with Crippen molar-refractivity contribution in [3.05, 3.63) is 89.9 Å². The van der Waals surface area contributed by atoms with E-state index in [2.05, 4.69) is 36.6 Å². The summed E-state index contributed by atoms with van der Waals surface area (Å²) < 4.78 is 0. The number of nitrogens with two attached hydrogens (primary N) is 1. The predicted octanol–water partition coefficient (Wildman–Crippen LogP) is 6.05. The molecule has 1 amide bonds. The lowest BCUT2D eigenvalue weighted by Gasteiger charge is -2.02. The molecular formula is C28H31ClN6O8S2. The van der Waals surface area contributed by atoms with Gasteiger partial charge in [-0.1, -0.05) is 0 Å². The highest BCUT2D eigenvalue weighted by Crippen LogP contribution is 2.30. The number of amides is 1. The van der Waals surface area contributed by atoms with E-state index in [0.29, 0.717) is 18.5 Å². The van der Waals surface area contributed by atoms with Crippen LogP contribution in [0, 0.1) is 34.1 Å². The molecule has 2 heterocycles. The first-order valence-electron chi connectivity index (χ1n) is 13.1. The summed E-state index contributed by atoms with van der Waals surface area (Å²) >= 11 is 7.63. The van der Waals surface area contributed by atoms with Gasteiger partial charge in [0.1, 0.15) is 23.2 Å². The van der Waals surface area contributed by atoms with Crippen molar-refractivity contribution in [2.75, 3.05) is 24.3 Å². The second kappa shape index (κ2) is 18.2. The van der Waals surface area contributed by atoms with Crippen LogP contribution < -0.4 is 11.1 Å². The summed E-state index contributed by atoms with van der Waals surface area (Å²) in [5.41, 5.74) is 10.7. The number of halogens is 1. The normalized spacial score (nSPS) is 9.98. The third kappa shape index (κ3) is 13.7. The van der Waals surface area contributed by atoms with Crippen molar-refractivity contribution in [1.82, 2.24) is 9.97 Å². The number of anilines is 2. The summed E-state index contributed by atoms with van der Waals surface area (Å²) in [5, 5.41) is 22.7. The van der Waals surface area contributed by atoms with Gasteiger partial charge < -0.3 is 20.7 Å². The molecule has 2 aromatic carbocycles. The fraction of sp³-hybridized carbons (Fsp3) is 0.286. The Morgan fingerprint density at radius 3 is 1.56 bits per heavy atom. The third-order valence-corrected chi connectivity index (χ3v) is 7.98. The number of hydrogen-bond donors (Lipinski definition) is 2. The topological polar surface area (TPSA) is 203 Å². The lowest BCUT2D eigenvalue weighted by Crippen LogP contribution is -2.05. The summed E-state index contributed by atoms with van der Waals surface area (Å²) in [5.74, 6) is -0.120. The number of rotatable bonds is 11. The monoisotopic (exact) mass is 678 g/mol. The zero-order valence-electron chi connectivity index (χ0n) is 24.8. The van der Waals surface area contributed by atoms with Gasteiger partial charge in [0.2, 0.25) is 11.1 Å². The van der Waals surface area contributed by atoms with Crippen molar-refractivity contribution in [2.45, 2.75) is 40.5 Å². The molecule has 0 saturated heterocycles. The number of thiazole rings is 2. The molecular weight excluding hydrogens is 648 g/mol. The maximum atomic E-state index is 11.0. The van der Waals surface area contributed by atoms with Crippen LogP contribution in [-0.4, -0.2) is 44.5 Å². The molecule has 3 N–H and O–H groups in total. The Labute approximate surface area is 271 Å². The number of carbonyl (C=O) groups excluding carboxylic acids is 2. The van der Waals surface area contributed by atoms with Crippen LogP contribution in [0.1, 0.15) is 35.0 Å². The molecule has 240 valence electrons. The molecule has 0 unspecified atom stereocenters. The summed E-state index contributed by atoms with van der Waals surface area (Å²) in [4.78, 5) is 60.0. The standard InChI is InChI=1S/C14H15N3O4S.C12H13N3O3S.C2H3ClO/c1-9-13(7-8-21-17(19)20)22-14(15-9)11-3-5-12(6-4-11)16-10(2)18;1-8-11(6-7-18-15(16)17)19-12(14-8)9-2-4-10(13)5-3-9;1-2(3)4/h3-6H,7-8H2,1-2H3,(H,16,18);2-5H,6-7,13H2,1H3;1H3. The second-order valence-electron chi connectivity index (χ2n) is 9.02. The Hall–Kier alpha value is -4.67. The Bertz CT molecular complexity index is 1590. The molecule has 2 aromatic heterocycles. The number of aromatic nitrogens is 2. The minimum atomic E-state index is -0.794. The number of benzene rings is 2. The lowest BCUT2D eigenvalue weighted by atomic mass is 10.2. The van der Waals surface area contributed by atoms with Gasteiger partial charge in [0, 0.05) is 58.9 Å². The van der Waals surface area contributed by atoms with Gasteiger partial charge in [-0.3, -0.25) is 9.59 Å². The van der Waals surface area contributed by atoms with E-state index in [0.717, 1.165) is 48.0 Å². The van der Waals surface area contributed by atoms with Gasteiger partial charge in [0.25, 0.3) is 10.2 Å². The second-order valence-corrected chi connectivity index (χ2v) is 11.7. The number of aryl methyl sites for hydroxylation is 2. The molecule has 14 nitrogen and oxygen atoms in total. The van der Waals surface area contributed by atoms with Gasteiger partial charge in [-0.15, -0.1) is 42.9 Å². The van der Waals surface area contributed by atoms with E-state index in [9.17, 15) is 29.8 Å². The Morgan fingerprint density at radius 2 is 1.20 bits per heavy atom. The smallest absolute Gasteiger partial charge is 0.294 e. The third-order valence-electron chi connectivity index (χ3n) is 5.45. The van der Waals surface area contributed by atoms with Crippen molar-refractivity contribution in [2.24, 2.45) is 0 Å². The van der Waals surface area contributed by atoms with E-state index in [-0.39, 0.29) is 24.4 Å². The van der Waals surface area contributed by atoms with E-state index < -0.39 is 10.2 Å². The molecule has 45 heavy (non-hydrogen) atoms. The molecule has 0 spiro atoms. The maximum Gasteiger partial charge on any atom is 0.294 e. The van der Waals surface area contributed by atoms with Crippen LogP contribution in [-0.2, 0) is 32.1 Å². The Balaban J connectivity index is 0.000000283. The molecule has 0 aliphatic carbocycles. The fourth-order valence-electron chi connectivity index (χ4n) is 3.52. The molecule has 0 fully saturated rings. The van der Waals surface area contributed by atoms with Gasteiger partial charge in [0.05, 0.1) is 11.4 Å². The largest absolute Gasteiger partial charge is 0.399 e. The quantitative estimate of drug-likeness (QED) is 0.0808. The summed E-state index contributed by atoms with van der Waals surface area (Å²) in [6, 6.07) is 14.8. The van der Waals surface area contributed by atoms with Crippen molar-refractivity contribution < 1.29 is 29.4 Å². The lowest BCUT2D eigenvalue weighted by molar-refractivity contribution is -0.757. The van der Waals surface area contributed by atoms with Crippen molar-refractivity contribution in [1.29, 1.82) is 0 Å². The predicted molar refractivity (Wildman–Crippen MR) is 173 cm³/mol. The van der Waals surface area contributed by atoms with Gasteiger partial charge in [-0.05, 0) is 74.0 Å². The number of nitrogens with one attached hydrogen (secondary N) is 1. The molecule has 0 aliphatic heterocycles. The zero-order valence-corrected chi connectivity index (χ0v) is 27.2. The summed E-state index contributed by atoms with van der Waals surface area (Å²) in [6.45, 7) is 6.58. The van der Waals surface area contributed by atoms with Gasteiger partial charge in [0.15, 0.2) is 0 Å². The average Bonchev–Trinajstić information content (AvgIpc) is 3.50. The van der Waals surface area contributed by atoms with Crippen LogP contribution in [0.15, 0.2) is 48.5 Å². The minimum Gasteiger partial charge on any atom is -0.399 e. The molecule has 17 heteroatoms.